The molecule has 1 heterocycles. The Labute approximate surface area is 131 Å². The molecule has 0 radical (unpaired) electrons. The van der Waals surface area contributed by atoms with Gasteiger partial charge in [-0.3, -0.25) is 4.79 Å². The third kappa shape index (κ3) is 7.60. The number of methoxy groups -OCH3 is 1. The number of thiol groups is 1. The molecular weight excluding hydrogens is 286 g/mol. The first-order valence-electron chi connectivity index (χ1n) is 6.98. The molecule has 0 atom stereocenters. The van der Waals surface area contributed by atoms with Gasteiger partial charge in [0.1, 0.15) is 11.6 Å². The summed E-state index contributed by atoms with van der Waals surface area (Å²) in [5.74, 6) is 1.72. The fourth-order valence-electron chi connectivity index (χ4n) is 1.74. The van der Waals surface area contributed by atoms with E-state index in [1.165, 1.54) is 0 Å². The number of hydrogen-bond donors (Lipinski definition) is 3. The van der Waals surface area contributed by atoms with E-state index in [-0.39, 0.29) is 11.7 Å². The van der Waals surface area contributed by atoms with Crippen LogP contribution in [-0.4, -0.2) is 30.3 Å². The summed E-state index contributed by atoms with van der Waals surface area (Å²) in [5.41, 5.74) is 0.937. The third-order valence-electron chi connectivity index (χ3n) is 2.90. The predicted octanol–water partition coefficient (Wildman–Crippen LogP) is 2.62. The fraction of sp³-hybridized carbons (Fsp3) is 0.467. The van der Waals surface area contributed by atoms with Gasteiger partial charge in [0.05, 0.1) is 19.1 Å². The van der Waals surface area contributed by atoms with Gasteiger partial charge in [-0.1, -0.05) is 13.0 Å². The van der Waals surface area contributed by atoms with Crippen molar-refractivity contribution in [1.29, 1.82) is 0 Å². The number of carbonyl (C=O) groups is 1. The Bertz CT molecular complexity index is 449. The average molecular weight is 309 g/mol. The Balaban J connectivity index is 2.12. The number of carbonyl (C=O) groups excluding carboxylic acids is 1. The molecule has 0 aromatic carbocycles. The maximum absolute atomic E-state index is 11.0. The molecule has 1 aromatic heterocycles. The number of rotatable bonds is 10. The van der Waals surface area contributed by atoms with E-state index in [9.17, 15) is 4.79 Å². The second kappa shape index (κ2) is 10.1. The van der Waals surface area contributed by atoms with E-state index in [2.05, 4.69) is 34.8 Å². The monoisotopic (exact) mass is 309 g/mol. The highest BCUT2D eigenvalue weighted by atomic mass is 32.1. The molecule has 0 fully saturated rings. The van der Waals surface area contributed by atoms with Crippen LogP contribution in [0.1, 0.15) is 25.7 Å². The molecule has 0 bridgehead atoms. The van der Waals surface area contributed by atoms with Gasteiger partial charge in [0, 0.05) is 12.2 Å². The summed E-state index contributed by atoms with van der Waals surface area (Å²) in [6.07, 6.45) is 5.59. The summed E-state index contributed by atoms with van der Waals surface area (Å²) in [5, 5.41) is 5.97. The predicted molar refractivity (Wildman–Crippen MR) is 88.9 cm³/mol. The van der Waals surface area contributed by atoms with Crippen molar-refractivity contribution >= 4 is 24.4 Å². The van der Waals surface area contributed by atoms with Gasteiger partial charge < -0.3 is 15.4 Å². The zero-order valence-electron chi connectivity index (χ0n) is 12.4. The molecule has 21 heavy (non-hydrogen) atoms. The number of aromatic nitrogens is 1. The molecule has 0 spiro atoms. The van der Waals surface area contributed by atoms with Gasteiger partial charge in [-0.05, 0) is 31.4 Å². The molecule has 0 saturated heterocycles. The highest BCUT2D eigenvalue weighted by Crippen LogP contribution is 2.14. The lowest BCUT2D eigenvalue weighted by molar-refractivity contribution is -0.118. The number of nitrogens with zero attached hydrogens (tertiary/aromatic N) is 1. The van der Waals surface area contributed by atoms with Gasteiger partial charge in [-0.2, -0.15) is 12.6 Å². The molecule has 6 heteroatoms. The van der Waals surface area contributed by atoms with Crippen LogP contribution in [0, 0.1) is 0 Å². The molecule has 116 valence electrons. The molecule has 0 unspecified atom stereocenters. The molecular formula is C15H23N3O2S. The van der Waals surface area contributed by atoms with Gasteiger partial charge in [0.15, 0.2) is 0 Å². The van der Waals surface area contributed by atoms with Crippen LogP contribution in [0.3, 0.4) is 0 Å². The molecule has 2 N–H and O–H groups in total. The summed E-state index contributed by atoms with van der Waals surface area (Å²) in [6.45, 7) is 4.70. The van der Waals surface area contributed by atoms with Crippen LogP contribution in [0.15, 0.2) is 30.6 Å². The first-order valence-corrected chi connectivity index (χ1v) is 7.61. The highest BCUT2D eigenvalue weighted by Gasteiger charge is 1.99. The maximum atomic E-state index is 11.0. The van der Waals surface area contributed by atoms with Gasteiger partial charge in [-0.25, -0.2) is 4.98 Å². The van der Waals surface area contributed by atoms with Gasteiger partial charge in [0.2, 0.25) is 5.91 Å². The topological polar surface area (TPSA) is 63.2 Å². The van der Waals surface area contributed by atoms with E-state index in [4.69, 9.17) is 4.74 Å². The van der Waals surface area contributed by atoms with Crippen molar-refractivity contribution in [3.8, 4) is 5.75 Å². The van der Waals surface area contributed by atoms with Crippen molar-refractivity contribution in [2.75, 3.05) is 24.7 Å². The molecule has 0 saturated carbocycles. The molecule has 0 aliphatic rings. The Hall–Kier alpha value is -1.69. The van der Waals surface area contributed by atoms with Crippen LogP contribution in [0.25, 0.3) is 0 Å². The van der Waals surface area contributed by atoms with Gasteiger partial charge in [-0.15, -0.1) is 0 Å². The summed E-state index contributed by atoms with van der Waals surface area (Å²) >= 11 is 3.90. The van der Waals surface area contributed by atoms with Crippen molar-refractivity contribution in [2.45, 2.75) is 25.7 Å². The van der Waals surface area contributed by atoms with E-state index in [0.29, 0.717) is 6.54 Å². The van der Waals surface area contributed by atoms with Crippen molar-refractivity contribution in [3.63, 3.8) is 0 Å². The minimum absolute atomic E-state index is 0.0185. The average Bonchev–Trinajstić information content (AvgIpc) is 2.51. The van der Waals surface area contributed by atoms with Crippen LogP contribution < -0.4 is 15.4 Å². The minimum atomic E-state index is -0.0185. The number of unbranched alkanes of at least 4 members (excludes halogenated alkanes) is 2. The van der Waals surface area contributed by atoms with Crippen LogP contribution in [0.4, 0.5) is 5.82 Å². The second-order valence-electron chi connectivity index (χ2n) is 4.63. The SMILES string of the molecule is C=C(CCCCCNC(=O)CS)Nc1ccc(OC)cn1. The largest absolute Gasteiger partial charge is 0.495 e. The first kappa shape index (κ1) is 17.4. The standard InChI is InChI=1S/C15H23N3O2S/c1-12(6-4-3-5-9-16-15(19)11-21)18-14-8-7-13(20-2)10-17-14/h7-8,10,21H,1,3-6,9,11H2,2H3,(H,16,19)(H,17,18). The Morgan fingerprint density at radius 3 is 2.81 bits per heavy atom. The molecule has 1 rings (SSSR count). The summed E-state index contributed by atoms with van der Waals surface area (Å²) < 4.78 is 5.05. The van der Waals surface area contributed by atoms with Crippen LogP contribution in [0.2, 0.25) is 0 Å². The number of hydrogen-bond acceptors (Lipinski definition) is 5. The summed E-state index contributed by atoms with van der Waals surface area (Å²) in [7, 11) is 1.61. The zero-order valence-corrected chi connectivity index (χ0v) is 13.3. The molecule has 0 aliphatic carbocycles. The van der Waals surface area contributed by atoms with Crippen LogP contribution in [0.5, 0.6) is 5.75 Å². The first-order chi connectivity index (χ1) is 10.2. The summed E-state index contributed by atoms with van der Waals surface area (Å²) in [6, 6.07) is 3.71. The molecule has 0 aliphatic heterocycles. The van der Waals surface area contributed by atoms with Crippen LogP contribution >= 0.6 is 12.6 Å². The minimum Gasteiger partial charge on any atom is -0.495 e. The Morgan fingerprint density at radius 1 is 1.38 bits per heavy atom. The lowest BCUT2D eigenvalue weighted by Gasteiger charge is -2.09. The van der Waals surface area contributed by atoms with E-state index in [1.807, 2.05) is 12.1 Å². The number of nitrogens with one attached hydrogen (secondary N) is 2. The van der Waals surface area contributed by atoms with Gasteiger partial charge in [0.25, 0.3) is 0 Å². The second-order valence-corrected chi connectivity index (χ2v) is 4.95. The number of anilines is 1. The highest BCUT2D eigenvalue weighted by molar-refractivity contribution is 7.81. The summed E-state index contributed by atoms with van der Waals surface area (Å²) in [4.78, 5) is 15.2. The normalized spacial score (nSPS) is 10.0. The maximum Gasteiger partial charge on any atom is 0.229 e. The van der Waals surface area contributed by atoms with E-state index in [1.54, 1.807) is 13.3 Å². The van der Waals surface area contributed by atoms with Crippen molar-refractivity contribution < 1.29 is 9.53 Å². The number of pyridine rings is 1. The Morgan fingerprint density at radius 2 is 2.19 bits per heavy atom. The number of ether oxygens (including phenoxy) is 1. The molecule has 1 aromatic rings. The number of amides is 1. The number of allylic oxidation sites excluding steroid dienone is 1. The van der Waals surface area contributed by atoms with Crippen LogP contribution in [-0.2, 0) is 4.79 Å². The van der Waals surface area contributed by atoms with Crippen molar-refractivity contribution in [3.05, 3.63) is 30.6 Å². The zero-order chi connectivity index (χ0) is 15.5. The molecule has 5 nitrogen and oxygen atoms in total. The van der Waals surface area contributed by atoms with E-state index >= 15 is 0 Å². The lowest BCUT2D eigenvalue weighted by atomic mass is 10.1. The smallest absolute Gasteiger partial charge is 0.229 e. The fourth-order valence-corrected chi connectivity index (χ4v) is 1.85. The van der Waals surface area contributed by atoms with Gasteiger partial charge >= 0.3 is 0 Å². The molecule has 1 amide bonds. The van der Waals surface area contributed by atoms with Crippen molar-refractivity contribution in [1.82, 2.24) is 10.3 Å². The van der Waals surface area contributed by atoms with E-state index < -0.39 is 0 Å². The van der Waals surface area contributed by atoms with E-state index in [0.717, 1.165) is 42.9 Å². The lowest BCUT2D eigenvalue weighted by Crippen LogP contribution is -2.25. The third-order valence-corrected chi connectivity index (χ3v) is 3.19. The van der Waals surface area contributed by atoms with Crippen molar-refractivity contribution in [2.24, 2.45) is 0 Å². The Kier molecular flexibility index (Phi) is 8.35. The quantitative estimate of drug-likeness (QED) is 0.459.